The van der Waals surface area contributed by atoms with E-state index in [0.29, 0.717) is 16.3 Å². The number of nitrogens with one attached hydrogen (secondary N) is 1. The van der Waals surface area contributed by atoms with Crippen molar-refractivity contribution in [2.75, 3.05) is 23.7 Å². The number of benzene rings is 2. The van der Waals surface area contributed by atoms with Crippen LogP contribution in [0.3, 0.4) is 0 Å². The number of carbonyl (C=O) groups excluding carboxylic acids is 1. The van der Waals surface area contributed by atoms with E-state index in [9.17, 15) is 17.6 Å². The molecule has 1 amide bonds. The Morgan fingerprint density at radius 2 is 1.96 bits per heavy atom. The van der Waals surface area contributed by atoms with E-state index in [2.05, 4.69) is 5.32 Å². The monoisotopic (exact) mass is 398 g/mol. The molecule has 0 aliphatic rings. The summed E-state index contributed by atoms with van der Waals surface area (Å²) in [6, 6.07) is 10.8. The summed E-state index contributed by atoms with van der Waals surface area (Å²) in [6.07, 6.45) is 1.11. The van der Waals surface area contributed by atoms with Crippen molar-refractivity contribution in [2.24, 2.45) is 0 Å². The van der Waals surface area contributed by atoms with Gasteiger partial charge in [0, 0.05) is 11.6 Å². The first-order valence-electron chi connectivity index (χ1n) is 7.92. The first kappa shape index (κ1) is 20.2. The number of nitrogens with zero attached hydrogens (tertiary/aromatic N) is 1. The summed E-state index contributed by atoms with van der Waals surface area (Å²) < 4.78 is 38.4. The Balaban J connectivity index is 1.99. The Bertz CT molecular complexity index is 903. The fourth-order valence-corrected chi connectivity index (χ4v) is 3.51. The second-order valence-electron chi connectivity index (χ2n) is 5.93. The largest absolute Gasteiger partial charge is 0.354 e. The lowest BCUT2D eigenvalue weighted by Crippen LogP contribution is -2.38. The van der Waals surface area contributed by atoms with Crippen LogP contribution in [0.25, 0.3) is 0 Å². The number of hydrogen-bond donors (Lipinski definition) is 1. The first-order chi connectivity index (χ1) is 12.2. The van der Waals surface area contributed by atoms with Crippen LogP contribution in [0, 0.1) is 12.7 Å². The molecular weight excluding hydrogens is 379 g/mol. The zero-order valence-corrected chi connectivity index (χ0v) is 16.1. The van der Waals surface area contributed by atoms with Gasteiger partial charge >= 0.3 is 0 Å². The van der Waals surface area contributed by atoms with Crippen molar-refractivity contribution in [3.8, 4) is 0 Å². The second kappa shape index (κ2) is 8.51. The van der Waals surface area contributed by atoms with Gasteiger partial charge < -0.3 is 5.32 Å². The zero-order valence-electron chi connectivity index (χ0n) is 14.5. The van der Waals surface area contributed by atoms with Crippen molar-refractivity contribution in [3.05, 3.63) is 64.4 Å². The molecular formula is C18H20ClFN2O3S. The molecule has 0 saturated heterocycles. The molecule has 140 valence electrons. The van der Waals surface area contributed by atoms with Gasteiger partial charge in [0.15, 0.2) is 0 Å². The SMILES string of the molecule is Cc1ccc(N(CCNC(=O)Cc2cccc(F)c2)S(C)(=O)=O)cc1Cl. The molecule has 2 aromatic rings. The zero-order chi connectivity index (χ0) is 19.3. The molecule has 0 saturated carbocycles. The number of aryl methyl sites for hydroxylation is 1. The number of halogens is 2. The summed E-state index contributed by atoms with van der Waals surface area (Å²) in [5, 5.41) is 3.11. The molecule has 2 aromatic carbocycles. The van der Waals surface area contributed by atoms with Crippen molar-refractivity contribution < 1.29 is 17.6 Å². The number of hydrogen-bond acceptors (Lipinski definition) is 3. The van der Waals surface area contributed by atoms with Crippen LogP contribution in [-0.2, 0) is 21.2 Å². The minimum absolute atomic E-state index is 0.0208. The molecule has 5 nitrogen and oxygen atoms in total. The van der Waals surface area contributed by atoms with Crippen molar-refractivity contribution >= 4 is 33.2 Å². The lowest BCUT2D eigenvalue weighted by molar-refractivity contribution is -0.120. The van der Waals surface area contributed by atoms with E-state index < -0.39 is 15.8 Å². The average molecular weight is 399 g/mol. The molecule has 0 aliphatic heterocycles. The molecule has 0 bridgehead atoms. The molecule has 0 unspecified atom stereocenters. The highest BCUT2D eigenvalue weighted by Crippen LogP contribution is 2.24. The topological polar surface area (TPSA) is 66.5 Å². The Hall–Kier alpha value is -2.12. The van der Waals surface area contributed by atoms with Crippen LogP contribution >= 0.6 is 11.6 Å². The molecule has 0 radical (unpaired) electrons. The highest BCUT2D eigenvalue weighted by Gasteiger charge is 2.18. The van der Waals surface area contributed by atoms with E-state index >= 15 is 0 Å². The van der Waals surface area contributed by atoms with Gasteiger partial charge in [0.1, 0.15) is 5.82 Å². The van der Waals surface area contributed by atoms with Gasteiger partial charge in [0.25, 0.3) is 0 Å². The summed E-state index contributed by atoms with van der Waals surface area (Å²) in [4.78, 5) is 12.0. The lowest BCUT2D eigenvalue weighted by Gasteiger charge is -2.23. The van der Waals surface area contributed by atoms with Crippen molar-refractivity contribution in [2.45, 2.75) is 13.3 Å². The van der Waals surface area contributed by atoms with E-state index in [4.69, 9.17) is 11.6 Å². The van der Waals surface area contributed by atoms with E-state index in [1.54, 1.807) is 24.3 Å². The maximum Gasteiger partial charge on any atom is 0.232 e. The van der Waals surface area contributed by atoms with Crippen LogP contribution in [0.1, 0.15) is 11.1 Å². The summed E-state index contributed by atoms with van der Waals surface area (Å²) in [7, 11) is -3.54. The molecule has 0 aromatic heterocycles. The third kappa shape index (κ3) is 5.71. The number of rotatable bonds is 7. The molecule has 8 heteroatoms. The third-order valence-electron chi connectivity index (χ3n) is 3.73. The maximum absolute atomic E-state index is 13.1. The summed E-state index contributed by atoms with van der Waals surface area (Å²) >= 11 is 6.07. The van der Waals surface area contributed by atoms with Crippen LogP contribution < -0.4 is 9.62 Å². The van der Waals surface area contributed by atoms with Gasteiger partial charge in [0.05, 0.1) is 24.9 Å². The predicted octanol–water partition coefficient (Wildman–Crippen LogP) is 2.91. The Labute approximate surface area is 157 Å². The van der Waals surface area contributed by atoms with Crippen molar-refractivity contribution in [1.82, 2.24) is 5.32 Å². The number of anilines is 1. The first-order valence-corrected chi connectivity index (χ1v) is 10.1. The standard InChI is InChI=1S/C18H20ClFN2O3S/c1-13-6-7-16(12-17(13)19)22(26(2,24)25)9-8-21-18(23)11-14-4-3-5-15(20)10-14/h3-7,10,12H,8-9,11H2,1-2H3,(H,21,23). The molecule has 0 atom stereocenters. The minimum Gasteiger partial charge on any atom is -0.354 e. The van der Waals surface area contributed by atoms with Crippen LogP contribution in [0.15, 0.2) is 42.5 Å². The third-order valence-corrected chi connectivity index (χ3v) is 5.34. The molecule has 0 aliphatic carbocycles. The normalized spacial score (nSPS) is 11.2. The van der Waals surface area contributed by atoms with E-state index in [-0.39, 0.29) is 25.4 Å². The van der Waals surface area contributed by atoms with Gasteiger partial charge in [-0.1, -0.05) is 29.8 Å². The quantitative estimate of drug-likeness (QED) is 0.779. The average Bonchev–Trinajstić information content (AvgIpc) is 2.53. The summed E-state index contributed by atoms with van der Waals surface area (Å²) in [5.41, 5.74) is 1.82. The smallest absolute Gasteiger partial charge is 0.232 e. The highest BCUT2D eigenvalue weighted by atomic mass is 35.5. The minimum atomic E-state index is -3.54. The summed E-state index contributed by atoms with van der Waals surface area (Å²) in [5.74, 6) is -0.721. The molecule has 0 heterocycles. The highest BCUT2D eigenvalue weighted by molar-refractivity contribution is 7.92. The molecule has 2 rings (SSSR count). The van der Waals surface area contributed by atoms with Crippen LogP contribution in [0.2, 0.25) is 5.02 Å². The lowest BCUT2D eigenvalue weighted by atomic mass is 10.1. The fraction of sp³-hybridized carbons (Fsp3) is 0.278. The predicted molar refractivity (Wildman–Crippen MR) is 101 cm³/mol. The number of sulfonamides is 1. The van der Waals surface area contributed by atoms with E-state index in [1.807, 2.05) is 6.92 Å². The van der Waals surface area contributed by atoms with E-state index in [1.165, 1.54) is 22.5 Å². The van der Waals surface area contributed by atoms with Gasteiger partial charge in [-0.3, -0.25) is 9.10 Å². The van der Waals surface area contributed by atoms with Crippen LogP contribution in [0.5, 0.6) is 0 Å². The molecule has 0 fully saturated rings. The summed E-state index contributed by atoms with van der Waals surface area (Å²) in [6.45, 7) is 2.00. The number of amides is 1. The fourth-order valence-electron chi connectivity index (χ4n) is 2.41. The Morgan fingerprint density at radius 1 is 1.23 bits per heavy atom. The molecule has 0 spiro atoms. The second-order valence-corrected chi connectivity index (χ2v) is 8.24. The van der Waals surface area contributed by atoms with Gasteiger partial charge in [-0.15, -0.1) is 0 Å². The Kier molecular flexibility index (Phi) is 6.61. The molecule has 1 N–H and O–H groups in total. The van der Waals surface area contributed by atoms with Crippen molar-refractivity contribution in [3.63, 3.8) is 0 Å². The van der Waals surface area contributed by atoms with Gasteiger partial charge in [-0.2, -0.15) is 0 Å². The van der Waals surface area contributed by atoms with Crippen LogP contribution in [-0.4, -0.2) is 33.7 Å². The maximum atomic E-state index is 13.1. The van der Waals surface area contributed by atoms with Crippen LogP contribution in [0.4, 0.5) is 10.1 Å². The van der Waals surface area contributed by atoms with Gasteiger partial charge in [0.2, 0.25) is 15.9 Å². The van der Waals surface area contributed by atoms with E-state index in [0.717, 1.165) is 11.8 Å². The van der Waals surface area contributed by atoms with Gasteiger partial charge in [-0.05, 0) is 42.3 Å². The van der Waals surface area contributed by atoms with Crippen molar-refractivity contribution in [1.29, 1.82) is 0 Å². The Morgan fingerprint density at radius 3 is 2.58 bits per heavy atom. The number of carbonyl (C=O) groups is 1. The molecule has 26 heavy (non-hydrogen) atoms. The van der Waals surface area contributed by atoms with Gasteiger partial charge in [-0.25, -0.2) is 12.8 Å².